The third kappa shape index (κ3) is 2.42. The van der Waals surface area contributed by atoms with E-state index in [1.165, 1.54) is 19.3 Å². The van der Waals surface area contributed by atoms with Crippen LogP contribution in [0.3, 0.4) is 0 Å². The molecule has 1 aliphatic rings. The van der Waals surface area contributed by atoms with Crippen LogP contribution in [0.5, 0.6) is 0 Å². The monoisotopic (exact) mass is 229 g/mol. The van der Waals surface area contributed by atoms with Crippen LogP contribution in [0.4, 0.5) is 5.69 Å². The first-order chi connectivity index (χ1) is 8.26. The maximum absolute atomic E-state index is 8.92. The van der Waals surface area contributed by atoms with Crippen LogP contribution in [0, 0.1) is 17.2 Å². The van der Waals surface area contributed by atoms with Crippen LogP contribution in [-0.2, 0) is 0 Å². The number of nitrogens with zero attached hydrogens (tertiary/aromatic N) is 2. The van der Waals surface area contributed by atoms with E-state index in [0.717, 1.165) is 17.8 Å². The Labute approximate surface area is 103 Å². The third-order valence-electron chi connectivity index (χ3n) is 3.80. The molecule has 0 spiro atoms. The van der Waals surface area contributed by atoms with E-state index in [4.69, 9.17) is 11.0 Å². The first kappa shape index (κ1) is 11.9. The lowest BCUT2D eigenvalue weighted by Crippen LogP contribution is -2.37. The largest absolute Gasteiger partial charge is 0.371 e. The van der Waals surface area contributed by atoms with Crippen molar-refractivity contribution in [3.8, 4) is 6.07 Å². The molecule has 3 heteroatoms. The van der Waals surface area contributed by atoms with Crippen molar-refractivity contribution in [1.82, 2.24) is 0 Å². The normalized spacial score (nSPS) is 23.4. The Hall–Kier alpha value is -1.53. The van der Waals surface area contributed by atoms with Gasteiger partial charge in [-0.1, -0.05) is 12.5 Å². The second kappa shape index (κ2) is 5.20. The first-order valence-corrected chi connectivity index (χ1v) is 6.19. The van der Waals surface area contributed by atoms with Crippen LogP contribution in [0.15, 0.2) is 24.3 Å². The standard InChI is InChI=1S/C14H19N3/c1-17(14-7-3-5-12(14)10-16)13-6-2-4-11(8-13)9-15/h2,4,6,8,12,14H,3,5,7,10,16H2,1H3. The lowest BCUT2D eigenvalue weighted by Gasteiger charge is -2.31. The summed E-state index contributed by atoms with van der Waals surface area (Å²) in [7, 11) is 2.11. The topological polar surface area (TPSA) is 53.0 Å². The number of hydrogen-bond acceptors (Lipinski definition) is 3. The molecule has 0 amide bonds. The Morgan fingerprint density at radius 1 is 1.47 bits per heavy atom. The number of benzene rings is 1. The molecular formula is C14H19N3. The summed E-state index contributed by atoms with van der Waals surface area (Å²) < 4.78 is 0. The molecule has 1 aromatic carbocycles. The summed E-state index contributed by atoms with van der Waals surface area (Å²) in [6.07, 6.45) is 3.69. The van der Waals surface area contributed by atoms with Gasteiger partial charge in [-0.2, -0.15) is 5.26 Å². The van der Waals surface area contributed by atoms with Crippen LogP contribution in [0.2, 0.25) is 0 Å². The van der Waals surface area contributed by atoms with Crippen molar-refractivity contribution in [2.24, 2.45) is 11.7 Å². The summed E-state index contributed by atoms with van der Waals surface area (Å²) in [5.41, 5.74) is 7.66. The molecule has 1 aliphatic carbocycles. The Balaban J connectivity index is 2.18. The molecule has 1 fully saturated rings. The number of anilines is 1. The van der Waals surface area contributed by atoms with E-state index in [1.54, 1.807) is 0 Å². The van der Waals surface area contributed by atoms with Crippen molar-refractivity contribution in [1.29, 1.82) is 5.26 Å². The summed E-state index contributed by atoms with van der Waals surface area (Å²) in [5.74, 6) is 0.589. The van der Waals surface area contributed by atoms with Gasteiger partial charge in [-0.05, 0) is 43.5 Å². The summed E-state index contributed by atoms with van der Waals surface area (Å²) in [4.78, 5) is 2.28. The molecule has 2 rings (SSSR count). The zero-order valence-electron chi connectivity index (χ0n) is 10.3. The minimum Gasteiger partial charge on any atom is -0.371 e. The molecule has 2 unspecified atom stereocenters. The fourth-order valence-corrected chi connectivity index (χ4v) is 2.79. The van der Waals surface area contributed by atoms with E-state index in [0.29, 0.717) is 12.0 Å². The van der Waals surface area contributed by atoms with Crippen LogP contribution < -0.4 is 10.6 Å². The Morgan fingerprint density at radius 3 is 3.00 bits per heavy atom. The average molecular weight is 229 g/mol. The van der Waals surface area contributed by atoms with Crippen LogP contribution in [0.25, 0.3) is 0 Å². The van der Waals surface area contributed by atoms with Gasteiger partial charge in [0.15, 0.2) is 0 Å². The summed E-state index contributed by atoms with van der Waals surface area (Å²) >= 11 is 0. The molecule has 0 heterocycles. The van der Waals surface area contributed by atoms with E-state index < -0.39 is 0 Å². The highest BCUT2D eigenvalue weighted by atomic mass is 15.1. The minimum atomic E-state index is 0.522. The van der Waals surface area contributed by atoms with Gasteiger partial charge in [0.2, 0.25) is 0 Å². The van der Waals surface area contributed by atoms with Gasteiger partial charge in [0.05, 0.1) is 11.6 Å². The molecule has 0 radical (unpaired) electrons. The zero-order valence-corrected chi connectivity index (χ0v) is 10.3. The van der Waals surface area contributed by atoms with Crippen LogP contribution in [-0.4, -0.2) is 19.6 Å². The zero-order chi connectivity index (χ0) is 12.3. The number of hydrogen-bond donors (Lipinski definition) is 1. The Kier molecular flexibility index (Phi) is 3.65. The maximum Gasteiger partial charge on any atom is 0.0992 e. The molecule has 17 heavy (non-hydrogen) atoms. The SMILES string of the molecule is CN(c1cccc(C#N)c1)C1CCCC1CN. The fraction of sp³-hybridized carbons (Fsp3) is 0.500. The quantitative estimate of drug-likeness (QED) is 0.863. The van der Waals surface area contributed by atoms with E-state index in [2.05, 4.69) is 24.1 Å². The van der Waals surface area contributed by atoms with Crippen molar-refractivity contribution in [2.75, 3.05) is 18.5 Å². The Morgan fingerprint density at radius 2 is 2.29 bits per heavy atom. The molecule has 0 aliphatic heterocycles. The van der Waals surface area contributed by atoms with E-state index >= 15 is 0 Å². The second-order valence-electron chi connectivity index (χ2n) is 4.77. The highest BCUT2D eigenvalue weighted by molar-refractivity contribution is 5.51. The highest BCUT2D eigenvalue weighted by Gasteiger charge is 2.29. The third-order valence-corrected chi connectivity index (χ3v) is 3.80. The van der Waals surface area contributed by atoms with E-state index in [-0.39, 0.29) is 0 Å². The molecule has 2 N–H and O–H groups in total. The van der Waals surface area contributed by atoms with Crippen molar-refractivity contribution in [3.05, 3.63) is 29.8 Å². The van der Waals surface area contributed by atoms with Crippen LogP contribution >= 0.6 is 0 Å². The summed E-state index contributed by atoms with van der Waals surface area (Å²) in [6.45, 7) is 0.757. The van der Waals surface area contributed by atoms with Gasteiger partial charge < -0.3 is 10.6 Å². The molecule has 90 valence electrons. The molecule has 2 atom stereocenters. The van der Waals surface area contributed by atoms with Crippen LogP contribution in [0.1, 0.15) is 24.8 Å². The summed E-state index contributed by atoms with van der Waals surface area (Å²) in [6, 6.07) is 10.5. The fourth-order valence-electron chi connectivity index (χ4n) is 2.79. The number of rotatable bonds is 3. The average Bonchev–Trinajstić information content (AvgIpc) is 2.86. The predicted octanol–water partition coefficient (Wildman–Crippen LogP) is 2.12. The second-order valence-corrected chi connectivity index (χ2v) is 4.77. The van der Waals surface area contributed by atoms with Gasteiger partial charge in [0, 0.05) is 18.8 Å². The van der Waals surface area contributed by atoms with Gasteiger partial charge >= 0.3 is 0 Å². The first-order valence-electron chi connectivity index (χ1n) is 6.19. The molecular weight excluding hydrogens is 210 g/mol. The molecule has 3 nitrogen and oxygen atoms in total. The molecule has 0 aromatic heterocycles. The lowest BCUT2D eigenvalue weighted by atomic mass is 10.0. The molecule has 1 saturated carbocycles. The minimum absolute atomic E-state index is 0.522. The van der Waals surface area contributed by atoms with Crippen molar-refractivity contribution in [3.63, 3.8) is 0 Å². The Bertz CT molecular complexity index is 422. The molecule has 1 aromatic rings. The molecule has 0 bridgehead atoms. The van der Waals surface area contributed by atoms with E-state index in [9.17, 15) is 0 Å². The van der Waals surface area contributed by atoms with E-state index in [1.807, 2.05) is 18.2 Å². The van der Waals surface area contributed by atoms with Crippen molar-refractivity contribution < 1.29 is 0 Å². The van der Waals surface area contributed by atoms with Gasteiger partial charge in [-0.3, -0.25) is 0 Å². The van der Waals surface area contributed by atoms with Crippen molar-refractivity contribution in [2.45, 2.75) is 25.3 Å². The number of nitrogens with two attached hydrogens (primary N) is 1. The lowest BCUT2D eigenvalue weighted by molar-refractivity contribution is 0.474. The highest BCUT2D eigenvalue weighted by Crippen LogP contribution is 2.31. The smallest absolute Gasteiger partial charge is 0.0992 e. The summed E-state index contributed by atoms with van der Waals surface area (Å²) in [5, 5.41) is 8.92. The van der Waals surface area contributed by atoms with Gasteiger partial charge in [-0.25, -0.2) is 0 Å². The molecule has 0 saturated heterocycles. The van der Waals surface area contributed by atoms with Gasteiger partial charge in [0.1, 0.15) is 0 Å². The van der Waals surface area contributed by atoms with Crippen molar-refractivity contribution >= 4 is 5.69 Å². The van der Waals surface area contributed by atoms with Gasteiger partial charge in [-0.15, -0.1) is 0 Å². The number of nitriles is 1. The van der Waals surface area contributed by atoms with Gasteiger partial charge in [0.25, 0.3) is 0 Å². The maximum atomic E-state index is 8.92. The predicted molar refractivity (Wildman–Crippen MR) is 69.7 cm³/mol.